The number of aromatic amines is 1. The summed E-state index contributed by atoms with van der Waals surface area (Å²) < 4.78 is 0. The molecule has 0 amide bonds. The molecule has 1 aromatic carbocycles. The molecule has 2 N–H and O–H groups in total. The van der Waals surface area contributed by atoms with Gasteiger partial charge < -0.3 is 10.1 Å². The molecule has 3 nitrogen and oxygen atoms in total. The van der Waals surface area contributed by atoms with Gasteiger partial charge in [0.25, 0.3) is 0 Å². The van der Waals surface area contributed by atoms with E-state index >= 15 is 0 Å². The number of H-pyrrole nitrogens is 1. The minimum absolute atomic E-state index is 0.387. The van der Waals surface area contributed by atoms with E-state index in [0.29, 0.717) is 5.92 Å². The van der Waals surface area contributed by atoms with Crippen molar-refractivity contribution in [3.63, 3.8) is 0 Å². The Kier molecular flexibility index (Phi) is 3.11. The molecular formula is C16H22N2O. The first-order chi connectivity index (χ1) is 9.04. The van der Waals surface area contributed by atoms with Crippen LogP contribution in [0.4, 0.5) is 0 Å². The Morgan fingerprint density at radius 1 is 1.37 bits per heavy atom. The molecule has 102 valence electrons. The van der Waals surface area contributed by atoms with Gasteiger partial charge in [0.2, 0.25) is 0 Å². The van der Waals surface area contributed by atoms with Crippen molar-refractivity contribution in [2.75, 3.05) is 13.1 Å². The van der Waals surface area contributed by atoms with E-state index in [0.717, 1.165) is 26.1 Å². The van der Waals surface area contributed by atoms with E-state index in [9.17, 15) is 5.11 Å². The van der Waals surface area contributed by atoms with E-state index in [2.05, 4.69) is 34.1 Å². The molecule has 0 aliphatic carbocycles. The molecule has 0 spiro atoms. The summed E-state index contributed by atoms with van der Waals surface area (Å²) in [5, 5.41) is 11.4. The van der Waals surface area contributed by atoms with Crippen molar-refractivity contribution in [2.24, 2.45) is 5.92 Å². The Bertz CT molecular complexity index is 567. The van der Waals surface area contributed by atoms with Crippen molar-refractivity contribution in [2.45, 2.75) is 32.4 Å². The molecule has 1 unspecified atom stereocenters. The van der Waals surface area contributed by atoms with Crippen molar-refractivity contribution >= 4 is 10.9 Å². The van der Waals surface area contributed by atoms with Crippen molar-refractivity contribution in [3.05, 3.63) is 36.0 Å². The molecular weight excluding hydrogens is 236 g/mol. The maximum atomic E-state index is 10.1. The number of aliphatic hydroxyl groups is 1. The zero-order valence-corrected chi connectivity index (χ0v) is 11.7. The molecule has 2 aromatic rings. The van der Waals surface area contributed by atoms with Crippen molar-refractivity contribution in [3.8, 4) is 0 Å². The van der Waals surface area contributed by atoms with Crippen LogP contribution in [0.1, 0.15) is 25.8 Å². The van der Waals surface area contributed by atoms with E-state index in [-0.39, 0.29) is 0 Å². The van der Waals surface area contributed by atoms with Crippen LogP contribution in [0.5, 0.6) is 0 Å². The Balaban J connectivity index is 1.75. The topological polar surface area (TPSA) is 39.3 Å². The summed E-state index contributed by atoms with van der Waals surface area (Å²) in [5.74, 6) is 0.387. The number of likely N-dealkylation sites (tertiary alicyclic amines) is 1. The largest absolute Gasteiger partial charge is 0.390 e. The molecule has 0 bridgehead atoms. The van der Waals surface area contributed by atoms with E-state index < -0.39 is 5.60 Å². The molecule has 2 heterocycles. The summed E-state index contributed by atoms with van der Waals surface area (Å²) in [7, 11) is 0. The summed E-state index contributed by atoms with van der Waals surface area (Å²) in [6, 6.07) is 8.57. The summed E-state index contributed by atoms with van der Waals surface area (Å²) >= 11 is 0. The molecule has 1 aliphatic heterocycles. The van der Waals surface area contributed by atoms with Gasteiger partial charge in [0.05, 0.1) is 5.60 Å². The van der Waals surface area contributed by atoms with Crippen LogP contribution in [0.3, 0.4) is 0 Å². The fourth-order valence-electron chi connectivity index (χ4n) is 3.08. The number of aromatic nitrogens is 1. The highest BCUT2D eigenvalue weighted by Crippen LogP contribution is 2.29. The Morgan fingerprint density at radius 3 is 2.95 bits per heavy atom. The van der Waals surface area contributed by atoms with Crippen LogP contribution in [-0.4, -0.2) is 33.7 Å². The number of nitrogens with one attached hydrogen (secondary N) is 1. The molecule has 0 saturated carbocycles. The lowest BCUT2D eigenvalue weighted by atomic mass is 9.90. The monoisotopic (exact) mass is 258 g/mol. The lowest BCUT2D eigenvalue weighted by molar-refractivity contribution is 0.0208. The second-order valence-corrected chi connectivity index (χ2v) is 6.23. The van der Waals surface area contributed by atoms with Gasteiger partial charge in [-0.3, -0.25) is 4.90 Å². The van der Waals surface area contributed by atoms with E-state index in [1.165, 1.54) is 16.5 Å². The summed E-state index contributed by atoms with van der Waals surface area (Å²) in [5.41, 5.74) is 2.01. The van der Waals surface area contributed by atoms with Gasteiger partial charge in [0.1, 0.15) is 0 Å². The molecule has 3 rings (SSSR count). The average molecular weight is 258 g/mol. The molecule has 3 heteroatoms. The van der Waals surface area contributed by atoms with Crippen LogP contribution >= 0.6 is 0 Å². The highest BCUT2D eigenvalue weighted by molar-refractivity contribution is 5.82. The van der Waals surface area contributed by atoms with Gasteiger partial charge in [-0.15, -0.1) is 0 Å². The number of nitrogens with zero attached hydrogens (tertiary/aromatic N) is 1. The second-order valence-electron chi connectivity index (χ2n) is 6.23. The van der Waals surface area contributed by atoms with Crippen LogP contribution in [-0.2, 0) is 6.54 Å². The molecule has 1 atom stereocenters. The third-order valence-electron chi connectivity index (χ3n) is 4.35. The molecule has 0 radical (unpaired) electrons. The van der Waals surface area contributed by atoms with Crippen molar-refractivity contribution in [1.29, 1.82) is 0 Å². The Morgan fingerprint density at radius 2 is 2.21 bits per heavy atom. The summed E-state index contributed by atoms with van der Waals surface area (Å²) in [6.45, 7) is 6.89. The number of hydrogen-bond acceptors (Lipinski definition) is 2. The van der Waals surface area contributed by atoms with Gasteiger partial charge in [-0.25, -0.2) is 0 Å². The predicted octanol–water partition coefficient (Wildman–Crippen LogP) is 2.76. The zero-order valence-electron chi connectivity index (χ0n) is 11.7. The Labute approximate surface area is 114 Å². The maximum absolute atomic E-state index is 10.1. The zero-order chi connectivity index (χ0) is 13.5. The van der Waals surface area contributed by atoms with Crippen molar-refractivity contribution in [1.82, 2.24) is 9.88 Å². The Hall–Kier alpha value is -1.32. The summed E-state index contributed by atoms with van der Waals surface area (Å²) in [4.78, 5) is 5.71. The number of hydrogen-bond donors (Lipinski definition) is 2. The van der Waals surface area contributed by atoms with Gasteiger partial charge in [0, 0.05) is 36.1 Å². The first-order valence-corrected chi connectivity index (χ1v) is 7.04. The van der Waals surface area contributed by atoms with E-state index in [1.807, 2.05) is 20.0 Å². The average Bonchev–Trinajstić information content (AvgIpc) is 2.96. The van der Waals surface area contributed by atoms with Crippen LogP contribution in [0.15, 0.2) is 30.5 Å². The SMILES string of the molecule is CC(C)(O)C1CCN(Cc2cccc3[nH]ccc23)C1. The number of benzene rings is 1. The quantitative estimate of drug-likeness (QED) is 0.888. The maximum Gasteiger partial charge on any atom is 0.0632 e. The van der Waals surface area contributed by atoms with Gasteiger partial charge >= 0.3 is 0 Å². The fraction of sp³-hybridized carbons (Fsp3) is 0.500. The highest BCUT2D eigenvalue weighted by Gasteiger charge is 2.33. The van der Waals surface area contributed by atoms with Crippen LogP contribution < -0.4 is 0 Å². The second kappa shape index (κ2) is 4.66. The van der Waals surface area contributed by atoms with Crippen LogP contribution in [0, 0.1) is 5.92 Å². The standard InChI is InChI=1S/C16H22N2O/c1-16(2,19)13-7-9-18(11-13)10-12-4-3-5-15-14(12)6-8-17-15/h3-6,8,13,17,19H,7,9-11H2,1-2H3. The first-order valence-electron chi connectivity index (χ1n) is 7.04. The molecule has 1 saturated heterocycles. The molecule has 1 aromatic heterocycles. The molecule has 19 heavy (non-hydrogen) atoms. The number of fused-ring (bicyclic) bond motifs is 1. The first kappa shape index (κ1) is 12.7. The summed E-state index contributed by atoms with van der Waals surface area (Å²) in [6.07, 6.45) is 3.09. The van der Waals surface area contributed by atoms with Crippen LogP contribution in [0.25, 0.3) is 10.9 Å². The van der Waals surface area contributed by atoms with Gasteiger partial charge in [-0.2, -0.15) is 0 Å². The molecule has 1 fully saturated rings. The lowest BCUT2D eigenvalue weighted by Gasteiger charge is -2.25. The molecule has 1 aliphatic rings. The van der Waals surface area contributed by atoms with Gasteiger partial charge in [0.15, 0.2) is 0 Å². The van der Waals surface area contributed by atoms with Crippen LogP contribution in [0.2, 0.25) is 0 Å². The third kappa shape index (κ3) is 2.53. The van der Waals surface area contributed by atoms with Gasteiger partial charge in [-0.1, -0.05) is 12.1 Å². The van der Waals surface area contributed by atoms with E-state index in [1.54, 1.807) is 0 Å². The minimum atomic E-state index is -0.561. The van der Waals surface area contributed by atoms with E-state index in [4.69, 9.17) is 0 Å². The highest BCUT2D eigenvalue weighted by atomic mass is 16.3. The lowest BCUT2D eigenvalue weighted by Crippen LogP contribution is -2.33. The van der Waals surface area contributed by atoms with Crippen molar-refractivity contribution < 1.29 is 5.11 Å². The number of rotatable bonds is 3. The third-order valence-corrected chi connectivity index (χ3v) is 4.35. The van der Waals surface area contributed by atoms with Gasteiger partial charge in [-0.05, 0) is 44.5 Å². The normalized spacial score (nSPS) is 21.3. The predicted molar refractivity (Wildman–Crippen MR) is 78.0 cm³/mol. The fourth-order valence-corrected chi connectivity index (χ4v) is 3.08. The minimum Gasteiger partial charge on any atom is -0.390 e. The smallest absolute Gasteiger partial charge is 0.0632 e.